The van der Waals surface area contributed by atoms with E-state index < -0.39 is 15.9 Å². The zero-order valence-electron chi connectivity index (χ0n) is 19.9. The van der Waals surface area contributed by atoms with E-state index in [4.69, 9.17) is 9.47 Å². The zero-order valence-corrected chi connectivity index (χ0v) is 21.5. The van der Waals surface area contributed by atoms with Gasteiger partial charge in [-0.15, -0.1) is 11.8 Å². The van der Waals surface area contributed by atoms with Crippen LogP contribution < -0.4 is 19.1 Å². The summed E-state index contributed by atoms with van der Waals surface area (Å²) in [6.07, 6.45) is 1.89. The Labute approximate surface area is 209 Å². The van der Waals surface area contributed by atoms with Gasteiger partial charge in [0.2, 0.25) is 0 Å². The lowest BCUT2D eigenvalue weighted by atomic mass is 10.0. The molecule has 7 nitrogen and oxygen atoms in total. The van der Waals surface area contributed by atoms with Crippen LogP contribution in [0.1, 0.15) is 18.1 Å². The lowest BCUT2D eigenvalue weighted by Gasteiger charge is -2.33. The number of hydrogen-bond acceptors (Lipinski definition) is 6. The molecule has 182 valence electrons. The maximum absolute atomic E-state index is 14.0. The van der Waals surface area contributed by atoms with Gasteiger partial charge in [0.25, 0.3) is 15.9 Å². The smallest absolute Gasteiger partial charge is 0.270 e. The summed E-state index contributed by atoms with van der Waals surface area (Å²) in [7, 11) is -1.21. The second-order valence-electron chi connectivity index (χ2n) is 7.83. The number of methoxy groups -OCH3 is 2. The van der Waals surface area contributed by atoms with Crippen LogP contribution in [0.2, 0.25) is 0 Å². The molecule has 1 N–H and O–H groups in total. The van der Waals surface area contributed by atoms with Crippen LogP contribution in [-0.4, -0.2) is 34.8 Å². The van der Waals surface area contributed by atoms with Crippen LogP contribution in [0.5, 0.6) is 11.5 Å². The van der Waals surface area contributed by atoms with Crippen LogP contribution in [-0.2, 0) is 21.4 Å². The van der Waals surface area contributed by atoms with Gasteiger partial charge in [-0.1, -0.05) is 42.5 Å². The molecule has 0 bridgehead atoms. The summed E-state index contributed by atoms with van der Waals surface area (Å²) in [6.45, 7) is 1.69. The molecule has 0 radical (unpaired) electrons. The standard InChI is InChI=1S/C26H26N2O5S2/c1-17-19-14-22(32-2)23(33-3)15-21(19)28(16-18-10-6-5-7-11-18)35(30,31)25(17)26(29)27-20-12-8-9-13-24(20)34-4/h5-15H,16H2,1-4H3,(H,27,29). The summed E-state index contributed by atoms with van der Waals surface area (Å²) in [5.41, 5.74) is 2.67. The van der Waals surface area contributed by atoms with E-state index >= 15 is 0 Å². The largest absolute Gasteiger partial charge is 0.493 e. The van der Waals surface area contributed by atoms with Gasteiger partial charge in [-0.3, -0.25) is 9.10 Å². The third-order valence-electron chi connectivity index (χ3n) is 5.79. The van der Waals surface area contributed by atoms with E-state index in [1.807, 2.05) is 48.7 Å². The minimum atomic E-state index is -4.21. The number of hydrogen-bond donors (Lipinski definition) is 1. The van der Waals surface area contributed by atoms with Gasteiger partial charge < -0.3 is 14.8 Å². The molecule has 1 amide bonds. The number of para-hydroxylation sites is 1. The van der Waals surface area contributed by atoms with Gasteiger partial charge in [0.15, 0.2) is 16.4 Å². The van der Waals surface area contributed by atoms with Gasteiger partial charge in [-0.05, 0) is 42.5 Å². The van der Waals surface area contributed by atoms with E-state index in [-0.39, 0.29) is 11.4 Å². The summed E-state index contributed by atoms with van der Waals surface area (Å²) in [5.74, 6) is 0.147. The summed E-state index contributed by atoms with van der Waals surface area (Å²) >= 11 is 1.46. The van der Waals surface area contributed by atoms with E-state index in [1.165, 1.54) is 30.3 Å². The number of sulfonamides is 1. The van der Waals surface area contributed by atoms with E-state index in [2.05, 4.69) is 5.32 Å². The summed E-state index contributed by atoms with van der Waals surface area (Å²) in [6, 6.07) is 19.8. The second kappa shape index (κ2) is 10.1. The van der Waals surface area contributed by atoms with Gasteiger partial charge >= 0.3 is 0 Å². The van der Waals surface area contributed by atoms with E-state index in [9.17, 15) is 13.2 Å². The molecule has 1 aliphatic heterocycles. The van der Waals surface area contributed by atoms with Gasteiger partial charge in [-0.2, -0.15) is 0 Å². The fraction of sp³-hybridized carbons (Fsp3) is 0.192. The molecule has 0 saturated heterocycles. The minimum absolute atomic E-state index is 0.0527. The first kappa shape index (κ1) is 24.7. The highest BCUT2D eigenvalue weighted by Crippen LogP contribution is 2.45. The Balaban J connectivity index is 1.89. The van der Waals surface area contributed by atoms with Gasteiger partial charge in [0.05, 0.1) is 32.1 Å². The molecule has 0 unspecified atom stereocenters. The molecule has 3 aromatic carbocycles. The third-order valence-corrected chi connectivity index (χ3v) is 8.50. The van der Waals surface area contributed by atoms with Crippen LogP contribution in [0.4, 0.5) is 11.4 Å². The summed E-state index contributed by atoms with van der Waals surface area (Å²) < 4.78 is 40.1. The number of carbonyl (C=O) groups is 1. The zero-order chi connectivity index (χ0) is 25.2. The average molecular weight is 511 g/mol. The highest BCUT2D eigenvalue weighted by atomic mass is 32.2. The van der Waals surface area contributed by atoms with E-state index in [0.717, 1.165) is 10.5 Å². The molecule has 9 heteroatoms. The first-order valence-corrected chi connectivity index (χ1v) is 13.5. The molecule has 1 heterocycles. The summed E-state index contributed by atoms with van der Waals surface area (Å²) in [4.78, 5) is 14.0. The molecular formula is C26H26N2O5S2. The number of nitrogens with one attached hydrogen (secondary N) is 1. The molecule has 0 aromatic heterocycles. The molecule has 35 heavy (non-hydrogen) atoms. The molecule has 0 spiro atoms. The SMILES string of the molecule is COc1cc2c(cc1OC)N(Cc1ccccc1)S(=O)(=O)C(C(=O)Nc1ccccc1SC)=C2C. The van der Waals surface area contributed by atoms with Crippen molar-refractivity contribution in [3.63, 3.8) is 0 Å². The minimum Gasteiger partial charge on any atom is -0.493 e. The molecule has 0 fully saturated rings. The number of thioether (sulfide) groups is 1. The Kier molecular flexibility index (Phi) is 7.09. The highest BCUT2D eigenvalue weighted by molar-refractivity contribution is 7.98. The number of nitrogens with zero attached hydrogens (tertiary/aromatic N) is 1. The molecule has 3 aromatic rings. The van der Waals surface area contributed by atoms with Crippen LogP contribution in [0.25, 0.3) is 5.57 Å². The Morgan fingerprint density at radius 1 is 0.971 bits per heavy atom. The first-order chi connectivity index (χ1) is 16.8. The fourth-order valence-electron chi connectivity index (χ4n) is 4.06. The van der Waals surface area contributed by atoms with Crippen molar-refractivity contribution in [2.45, 2.75) is 18.4 Å². The Hall–Kier alpha value is -3.43. The van der Waals surface area contributed by atoms with Crippen molar-refractivity contribution in [3.05, 3.63) is 82.8 Å². The van der Waals surface area contributed by atoms with Gasteiger partial charge in [0.1, 0.15) is 0 Å². The van der Waals surface area contributed by atoms with Crippen molar-refractivity contribution >= 4 is 44.6 Å². The van der Waals surface area contributed by atoms with Crippen molar-refractivity contribution in [2.75, 3.05) is 30.1 Å². The fourth-order valence-corrected chi connectivity index (χ4v) is 6.35. The number of anilines is 2. The van der Waals surface area contributed by atoms with Crippen molar-refractivity contribution in [1.29, 1.82) is 0 Å². The molecule has 0 aliphatic carbocycles. The Morgan fingerprint density at radius 3 is 2.26 bits per heavy atom. The molecule has 1 aliphatic rings. The van der Waals surface area contributed by atoms with E-state index in [0.29, 0.717) is 34.0 Å². The van der Waals surface area contributed by atoms with Gasteiger partial charge in [-0.25, -0.2) is 8.42 Å². The number of ether oxygens (including phenoxy) is 2. The monoisotopic (exact) mass is 510 g/mol. The molecule has 0 saturated carbocycles. The summed E-state index contributed by atoms with van der Waals surface area (Å²) in [5, 5.41) is 2.80. The number of allylic oxidation sites excluding steroid dienone is 1. The maximum atomic E-state index is 14.0. The highest BCUT2D eigenvalue weighted by Gasteiger charge is 2.40. The lowest BCUT2D eigenvalue weighted by Crippen LogP contribution is -2.39. The van der Waals surface area contributed by atoms with Crippen LogP contribution in [0, 0.1) is 0 Å². The maximum Gasteiger partial charge on any atom is 0.270 e. The predicted molar refractivity (Wildman–Crippen MR) is 141 cm³/mol. The molecule has 0 atom stereocenters. The van der Waals surface area contributed by atoms with Crippen molar-refractivity contribution < 1.29 is 22.7 Å². The van der Waals surface area contributed by atoms with Crippen molar-refractivity contribution in [3.8, 4) is 11.5 Å². The molecular weight excluding hydrogens is 484 g/mol. The quantitative estimate of drug-likeness (QED) is 0.443. The van der Waals surface area contributed by atoms with Gasteiger partial charge in [0, 0.05) is 16.5 Å². The number of rotatable bonds is 7. The third kappa shape index (κ3) is 4.61. The van der Waals surface area contributed by atoms with Crippen LogP contribution in [0.15, 0.2) is 76.5 Å². The topological polar surface area (TPSA) is 84.9 Å². The van der Waals surface area contributed by atoms with Crippen molar-refractivity contribution in [1.82, 2.24) is 0 Å². The number of amides is 1. The normalized spacial score (nSPS) is 14.3. The Morgan fingerprint density at radius 2 is 1.60 bits per heavy atom. The van der Waals surface area contributed by atoms with Crippen LogP contribution >= 0.6 is 11.8 Å². The lowest BCUT2D eigenvalue weighted by molar-refractivity contribution is -0.112. The second-order valence-corrected chi connectivity index (χ2v) is 10.5. The Bertz CT molecular complexity index is 1400. The number of fused-ring (bicyclic) bond motifs is 1. The van der Waals surface area contributed by atoms with Crippen molar-refractivity contribution in [2.24, 2.45) is 0 Å². The number of benzene rings is 3. The number of carbonyl (C=O) groups excluding carboxylic acids is 1. The molecule has 4 rings (SSSR count). The van der Waals surface area contributed by atoms with E-state index in [1.54, 1.807) is 31.2 Å². The predicted octanol–water partition coefficient (Wildman–Crippen LogP) is 5.15. The first-order valence-electron chi connectivity index (χ1n) is 10.8. The van der Waals surface area contributed by atoms with Crippen LogP contribution in [0.3, 0.4) is 0 Å². The average Bonchev–Trinajstić information content (AvgIpc) is 2.86.